The maximum atomic E-state index is 11.3. The first kappa shape index (κ1) is 10.5. The molecule has 2 N–H and O–H groups in total. The Morgan fingerprint density at radius 2 is 2.07 bits per heavy atom. The lowest BCUT2D eigenvalue weighted by Gasteiger charge is -2.03. The number of aryl methyl sites for hydroxylation is 1. The first-order valence-corrected chi connectivity index (χ1v) is 5.13. The van der Waals surface area contributed by atoms with Gasteiger partial charge in [-0.2, -0.15) is 8.42 Å². The fourth-order valence-corrected chi connectivity index (χ4v) is 1.82. The van der Waals surface area contributed by atoms with Crippen molar-refractivity contribution in [1.29, 1.82) is 0 Å². The average molecular weight is 215 g/mol. The molecule has 5 nitrogen and oxygen atoms in total. The van der Waals surface area contributed by atoms with E-state index in [-0.39, 0.29) is 4.90 Å². The molecule has 0 unspecified atom stereocenters. The molecule has 0 saturated heterocycles. The zero-order chi connectivity index (χ0) is 10.8. The monoisotopic (exact) mass is 215 g/mol. The molecule has 0 spiro atoms. The highest BCUT2D eigenvalue weighted by Gasteiger charge is 2.17. The number of carbonyl (C=O) groups excluding carboxylic acids is 1. The van der Waals surface area contributed by atoms with Crippen molar-refractivity contribution in [3.63, 3.8) is 0 Å². The number of amides is 1. The highest BCUT2D eigenvalue weighted by molar-refractivity contribution is 7.87. The number of nitrogens with two attached hydrogens (primary N) is 1. The second-order valence-electron chi connectivity index (χ2n) is 2.67. The molecule has 14 heavy (non-hydrogen) atoms. The fraction of sp³-hybridized carbons (Fsp3) is 0.125. The van der Waals surface area contributed by atoms with Crippen molar-refractivity contribution < 1.29 is 17.4 Å². The molecular formula is C8H9NO4S. The van der Waals surface area contributed by atoms with Crippen LogP contribution in [0.15, 0.2) is 29.2 Å². The van der Waals surface area contributed by atoms with Gasteiger partial charge in [-0.25, -0.2) is 4.79 Å². The molecule has 1 aromatic rings. The van der Waals surface area contributed by atoms with Crippen LogP contribution in [0.5, 0.6) is 0 Å². The van der Waals surface area contributed by atoms with E-state index in [0.29, 0.717) is 0 Å². The van der Waals surface area contributed by atoms with Gasteiger partial charge in [0.15, 0.2) is 0 Å². The Morgan fingerprint density at radius 3 is 2.57 bits per heavy atom. The van der Waals surface area contributed by atoms with Gasteiger partial charge in [0, 0.05) is 0 Å². The van der Waals surface area contributed by atoms with Gasteiger partial charge in [-0.15, -0.1) is 0 Å². The molecule has 0 aromatic heterocycles. The summed E-state index contributed by atoms with van der Waals surface area (Å²) in [6.07, 6.45) is -1.34. The van der Waals surface area contributed by atoms with Crippen molar-refractivity contribution in [2.24, 2.45) is 5.73 Å². The summed E-state index contributed by atoms with van der Waals surface area (Å²) in [4.78, 5) is 10.2. The third-order valence-electron chi connectivity index (χ3n) is 1.47. The lowest BCUT2D eigenvalue weighted by molar-refractivity contribution is 0.212. The van der Waals surface area contributed by atoms with Crippen LogP contribution in [0.2, 0.25) is 0 Å². The van der Waals surface area contributed by atoms with Crippen LogP contribution in [-0.2, 0) is 14.3 Å². The van der Waals surface area contributed by atoms with Gasteiger partial charge in [-0.1, -0.05) is 12.1 Å². The number of rotatable bonds is 2. The van der Waals surface area contributed by atoms with Gasteiger partial charge >= 0.3 is 16.2 Å². The number of primary amides is 1. The van der Waals surface area contributed by atoms with Gasteiger partial charge in [-0.05, 0) is 24.6 Å². The van der Waals surface area contributed by atoms with Crippen molar-refractivity contribution in [1.82, 2.24) is 0 Å². The Balaban J connectivity index is 3.11. The van der Waals surface area contributed by atoms with Crippen LogP contribution in [0.4, 0.5) is 4.79 Å². The summed E-state index contributed by atoms with van der Waals surface area (Å²) in [7, 11) is -4.06. The van der Waals surface area contributed by atoms with E-state index in [0.717, 1.165) is 5.56 Å². The van der Waals surface area contributed by atoms with Crippen LogP contribution in [0, 0.1) is 6.92 Å². The average Bonchev–Trinajstić information content (AvgIpc) is 2.01. The van der Waals surface area contributed by atoms with E-state index in [1.807, 2.05) is 0 Å². The minimum Gasteiger partial charge on any atom is -0.334 e. The van der Waals surface area contributed by atoms with Crippen molar-refractivity contribution in [3.05, 3.63) is 29.8 Å². The van der Waals surface area contributed by atoms with Crippen molar-refractivity contribution in [2.75, 3.05) is 0 Å². The Hall–Kier alpha value is -1.56. The van der Waals surface area contributed by atoms with Crippen LogP contribution in [0.1, 0.15) is 5.56 Å². The van der Waals surface area contributed by atoms with E-state index in [2.05, 4.69) is 9.92 Å². The molecule has 6 heteroatoms. The summed E-state index contributed by atoms with van der Waals surface area (Å²) in [5.41, 5.74) is 5.36. The maximum Gasteiger partial charge on any atom is 0.420 e. The predicted molar refractivity (Wildman–Crippen MR) is 49.0 cm³/mol. The van der Waals surface area contributed by atoms with Gasteiger partial charge in [0.2, 0.25) is 0 Å². The number of carbonyl (C=O) groups is 1. The molecular weight excluding hydrogens is 206 g/mol. The highest BCUT2D eigenvalue weighted by Crippen LogP contribution is 2.13. The zero-order valence-corrected chi connectivity index (χ0v) is 8.24. The number of hydrogen-bond acceptors (Lipinski definition) is 4. The van der Waals surface area contributed by atoms with E-state index >= 15 is 0 Å². The Morgan fingerprint density at radius 1 is 1.43 bits per heavy atom. The molecule has 0 fully saturated rings. The summed E-state index contributed by atoms with van der Waals surface area (Å²) in [5, 5.41) is 0. The van der Waals surface area contributed by atoms with Gasteiger partial charge in [0.25, 0.3) is 0 Å². The summed E-state index contributed by atoms with van der Waals surface area (Å²) < 4.78 is 26.5. The van der Waals surface area contributed by atoms with Crippen LogP contribution in [0.3, 0.4) is 0 Å². The molecule has 0 heterocycles. The SMILES string of the molecule is Cc1cccc(S(=O)(=O)OC(N)=O)c1. The lowest BCUT2D eigenvalue weighted by Crippen LogP contribution is -2.18. The molecule has 0 saturated carbocycles. The van der Waals surface area contributed by atoms with Crippen molar-refractivity contribution in [3.8, 4) is 0 Å². The van der Waals surface area contributed by atoms with E-state index in [1.165, 1.54) is 12.1 Å². The second-order valence-corrected chi connectivity index (χ2v) is 4.22. The van der Waals surface area contributed by atoms with Crippen LogP contribution in [-0.4, -0.2) is 14.5 Å². The molecule has 0 atom stereocenters. The van der Waals surface area contributed by atoms with Gasteiger partial charge in [0.1, 0.15) is 4.90 Å². The predicted octanol–water partition coefficient (Wildman–Crippen LogP) is 0.779. The summed E-state index contributed by atoms with van der Waals surface area (Å²) in [6, 6.07) is 5.99. The molecule has 0 bridgehead atoms. The minimum atomic E-state index is -4.06. The minimum absolute atomic E-state index is 0.0868. The van der Waals surface area contributed by atoms with Crippen LogP contribution in [0.25, 0.3) is 0 Å². The zero-order valence-electron chi connectivity index (χ0n) is 7.43. The summed E-state index contributed by atoms with van der Waals surface area (Å²) >= 11 is 0. The molecule has 0 aliphatic carbocycles. The number of benzene rings is 1. The third-order valence-corrected chi connectivity index (χ3v) is 2.69. The first-order chi connectivity index (χ1) is 6.42. The third kappa shape index (κ3) is 2.46. The molecule has 76 valence electrons. The summed E-state index contributed by atoms with van der Waals surface area (Å²) in [5.74, 6) is 0. The standard InChI is InChI=1S/C8H9NO4S/c1-6-3-2-4-7(5-6)14(11,12)13-8(9)10/h2-5H,1H3,(H2,9,10). The van der Waals surface area contributed by atoms with E-state index in [1.54, 1.807) is 19.1 Å². The van der Waals surface area contributed by atoms with Gasteiger partial charge < -0.3 is 9.92 Å². The first-order valence-electron chi connectivity index (χ1n) is 3.72. The smallest absolute Gasteiger partial charge is 0.334 e. The molecule has 0 aliphatic heterocycles. The largest absolute Gasteiger partial charge is 0.420 e. The van der Waals surface area contributed by atoms with Gasteiger partial charge in [0.05, 0.1) is 0 Å². The fourth-order valence-electron chi connectivity index (χ4n) is 0.927. The van der Waals surface area contributed by atoms with Crippen molar-refractivity contribution in [2.45, 2.75) is 11.8 Å². The van der Waals surface area contributed by atoms with Crippen LogP contribution >= 0.6 is 0 Å². The molecule has 0 radical (unpaired) electrons. The molecule has 1 rings (SSSR count). The Bertz CT molecular complexity index is 452. The topological polar surface area (TPSA) is 86.5 Å². The molecule has 1 amide bonds. The van der Waals surface area contributed by atoms with E-state index < -0.39 is 16.2 Å². The second kappa shape index (κ2) is 3.67. The van der Waals surface area contributed by atoms with Crippen molar-refractivity contribution >= 4 is 16.2 Å². The molecule has 0 aliphatic rings. The Labute approximate surface area is 81.6 Å². The van der Waals surface area contributed by atoms with E-state index in [4.69, 9.17) is 0 Å². The highest BCUT2D eigenvalue weighted by atomic mass is 32.2. The van der Waals surface area contributed by atoms with Crippen LogP contribution < -0.4 is 5.73 Å². The lowest BCUT2D eigenvalue weighted by atomic mass is 10.2. The Kier molecular flexibility index (Phi) is 2.76. The molecule has 1 aromatic carbocycles. The van der Waals surface area contributed by atoms with E-state index in [9.17, 15) is 13.2 Å². The normalized spacial score (nSPS) is 10.9. The maximum absolute atomic E-state index is 11.3. The quantitative estimate of drug-likeness (QED) is 0.738. The number of hydrogen-bond donors (Lipinski definition) is 1. The van der Waals surface area contributed by atoms with Gasteiger partial charge in [-0.3, -0.25) is 0 Å². The summed E-state index contributed by atoms with van der Waals surface area (Å²) in [6.45, 7) is 1.73.